The van der Waals surface area contributed by atoms with Gasteiger partial charge in [-0.2, -0.15) is 0 Å². The van der Waals surface area contributed by atoms with Crippen LogP contribution in [0.3, 0.4) is 0 Å². The Balaban J connectivity index is 2.04. The molecule has 21 heavy (non-hydrogen) atoms. The van der Waals surface area contributed by atoms with Crippen LogP contribution in [0.5, 0.6) is 0 Å². The number of fused-ring (bicyclic) bond motifs is 1. The first-order valence-corrected chi connectivity index (χ1v) is 6.98. The SMILES string of the molecule is CN(Cc1ccoc1)c1cc(C(N)=S)c2ccccc2n1. The second-order valence-electron chi connectivity index (χ2n) is 4.90. The number of pyridine rings is 1. The number of hydrogen-bond donors (Lipinski definition) is 1. The molecule has 4 nitrogen and oxygen atoms in total. The van der Waals surface area contributed by atoms with Gasteiger partial charge < -0.3 is 15.1 Å². The molecule has 3 aromatic rings. The van der Waals surface area contributed by atoms with Crippen LogP contribution in [-0.4, -0.2) is 17.0 Å². The van der Waals surface area contributed by atoms with Crippen LogP contribution in [-0.2, 0) is 6.54 Å². The number of furan rings is 1. The van der Waals surface area contributed by atoms with Crippen molar-refractivity contribution in [2.45, 2.75) is 6.54 Å². The fraction of sp³-hybridized carbons (Fsp3) is 0.125. The van der Waals surface area contributed by atoms with Crippen LogP contribution in [0.1, 0.15) is 11.1 Å². The lowest BCUT2D eigenvalue weighted by Gasteiger charge is -2.19. The topological polar surface area (TPSA) is 55.3 Å². The summed E-state index contributed by atoms with van der Waals surface area (Å²) in [6.45, 7) is 0.707. The summed E-state index contributed by atoms with van der Waals surface area (Å²) in [4.78, 5) is 7.10. The maximum atomic E-state index is 5.86. The molecule has 1 aromatic carbocycles. The molecular formula is C16H15N3OS. The van der Waals surface area contributed by atoms with Crippen LogP contribution in [0.15, 0.2) is 53.3 Å². The van der Waals surface area contributed by atoms with E-state index < -0.39 is 0 Å². The van der Waals surface area contributed by atoms with Gasteiger partial charge in [-0.15, -0.1) is 0 Å². The molecule has 3 rings (SSSR count). The van der Waals surface area contributed by atoms with Gasteiger partial charge in [0.2, 0.25) is 0 Å². The molecule has 0 atom stereocenters. The molecule has 0 amide bonds. The van der Waals surface area contributed by atoms with Crippen molar-refractivity contribution in [3.05, 3.63) is 60.1 Å². The summed E-state index contributed by atoms with van der Waals surface area (Å²) in [5.41, 5.74) is 8.68. The van der Waals surface area contributed by atoms with E-state index in [2.05, 4.69) is 4.98 Å². The van der Waals surface area contributed by atoms with E-state index in [1.54, 1.807) is 12.5 Å². The number of nitrogens with two attached hydrogens (primary N) is 1. The Kier molecular flexibility index (Phi) is 3.58. The molecule has 2 N–H and O–H groups in total. The first-order chi connectivity index (χ1) is 10.1. The van der Waals surface area contributed by atoms with Crippen LogP contribution >= 0.6 is 12.2 Å². The number of hydrogen-bond acceptors (Lipinski definition) is 4. The predicted octanol–water partition coefficient (Wildman–Crippen LogP) is 3.10. The van der Waals surface area contributed by atoms with Gasteiger partial charge in [0.05, 0.1) is 18.0 Å². The average Bonchev–Trinajstić information content (AvgIpc) is 2.98. The van der Waals surface area contributed by atoms with E-state index in [9.17, 15) is 0 Å². The van der Waals surface area contributed by atoms with Gasteiger partial charge >= 0.3 is 0 Å². The number of benzene rings is 1. The zero-order valence-corrected chi connectivity index (χ0v) is 12.4. The molecule has 0 saturated carbocycles. The van der Waals surface area contributed by atoms with Crippen LogP contribution in [0.2, 0.25) is 0 Å². The van der Waals surface area contributed by atoms with Gasteiger partial charge in [0.25, 0.3) is 0 Å². The van der Waals surface area contributed by atoms with Crippen molar-refractivity contribution >= 4 is 33.9 Å². The third-order valence-electron chi connectivity index (χ3n) is 3.36. The second kappa shape index (κ2) is 5.54. The van der Waals surface area contributed by atoms with Crippen LogP contribution in [0.4, 0.5) is 5.82 Å². The lowest BCUT2D eigenvalue weighted by Crippen LogP contribution is -2.19. The summed E-state index contributed by atoms with van der Waals surface area (Å²) in [6, 6.07) is 11.7. The minimum atomic E-state index is 0.381. The van der Waals surface area contributed by atoms with Crippen molar-refractivity contribution in [3.63, 3.8) is 0 Å². The molecule has 0 aliphatic carbocycles. The van der Waals surface area contributed by atoms with Gasteiger partial charge in [-0.3, -0.25) is 0 Å². The average molecular weight is 297 g/mol. The molecule has 0 fully saturated rings. The lowest BCUT2D eigenvalue weighted by atomic mass is 10.1. The van der Waals surface area contributed by atoms with E-state index >= 15 is 0 Å². The highest BCUT2D eigenvalue weighted by atomic mass is 32.1. The molecule has 0 spiro atoms. The Morgan fingerprint density at radius 3 is 2.86 bits per heavy atom. The number of anilines is 1. The lowest BCUT2D eigenvalue weighted by molar-refractivity contribution is 0.563. The molecule has 0 unspecified atom stereocenters. The number of rotatable bonds is 4. The zero-order valence-electron chi connectivity index (χ0n) is 11.6. The van der Waals surface area contributed by atoms with Crippen LogP contribution in [0, 0.1) is 0 Å². The van der Waals surface area contributed by atoms with Gasteiger partial charge in [-0.25, -0.2) is 4.98 Å². The standard InChI is InChI=1S/C16H15N3OS/c1-19(9-11-6-7-20-10-11)15-8-13(16(17)21)12-4-2-3-5-14(12)18-15/h2-8,10H,9H2,1H3,(H2,17,21). The molecular weight excluding hydrogens is 282 g/mol. The van der Waals surface area contributed by atoms with Crippen molar-refractivity contribution in [1.29, 1.82) is 0 Å². The molecule has 2 heterocycles. The zero-order chi connectivity index (χ0) is 14.8. The fourth-order valence-electron chi connectivity index (χ4n) is 2.30. The molecule has 106 valence electrons. The van der Waals surface area contributed by atoms with Crippen LogP contribution < -0.4 is 10.6 Å². The predicted molar refractivity (Wildman–Crippen MR) is 88.4 cm³/mol. The fourth-order valence-corrected chi connectivity index (χ4v) is 2.47. The van der Waals surface area contributed by atoms with Crippen LogP contribution in [0.25, 0.3) is 10.9 Å². The first kappa shape index (κ1) is 13.6. The van der Waals surface area contributed by atoms with E-state index in [-0.39, 0.29) is 0 Å². The van der Waals surface area contributed by atoms with E-state index in [4.69, 9.17) is 22.4 Å². The maximum absolute atomic E-state index is 5.86. The summed E-state index contributed by atoms with van der Waals surface area (Å²) < 4.78 is 5.10. The number of thiocarbonyl (C=S) groups is 1. The molecule has 0 bridgehead atoms. The largest absolute Gasteiger partial charge is 0.472 e. The monoisotopic (exact) mass is 297 g/mol. The molecule has 0 saturated heterocycles. The summed E-state index contributed by atoms with van der Waals surface area (Å²) >= 11 is 5.17. The second-order valence-corrected chi connectivity index (χ2v) is 5.34. The van der Waals surface area contributed by atoms with E-state index in [1.165, 1.54) is 0 Å². The molecule has 2 aromatic heterocycles. The van der Waals surface area contributed by atoms with Gasteiger partial charge in [-0.1, -0.05) is 30.4 Å². The van der Waals surface area contributed by atoms with Crippen molar-refractivity contribution in [2.75, 3.05) is 11.9 Å². The minimum absolute atomic E-state index is 0.381. The summed E-state index contributed by atoms with van der Waals surface area (Å²) in [5, 5.41) is 0.977. The number of para-hydroxylation sites is 1. The third kappa shape index (κ3) is 2.73. The highest BCUT2D eigenvalue weighted by Gasteiger charge is 2.11. The van der Waals surface area contributed by atoms with Gasteiger partial charge in [0.15, 0.2) is 0 Å². The molecule has 0 radical (unpaired) electrons. The number of nitrogens with zero attached hydrogens (tertiary/aromatic N) is 2. The van der Waals surface area contributed by atoms with E-state index in [0.29, 0.717) is 11.5 Å². The Morgan fingerprint density at radius 2 is 2.14 bits per heavy atom. The highest BCUT2D eigenvalue weighted by Crippen LogP contribution is 2.23. The molecule has 0 aliphatic heterocycles. The Labute approximate surface area is 128 Å². The molecule has 0 aliphatic rings. The first-order valence-electron chi connectivity index (χ1n) is 6.57. The van der Waals surface area contributed by atoms with Gasteiger partial charge in [-0.05, 0) is 18.2 Å². The normalized spacial score (nSPS) is 10.7. The van der Waals surface area contributed by atoms with Gasteiger partial charge in [0, 0.05) is 30.1 Å². The summed E-state index contributed by atoms with van der Waals surface area (Å²) in [7, 11) is 1.98. The quantitative estimate of drug-likeness (QED) is 0.750. The van der Waals surface area contributed by atoms with Crippen molar-refractivity contribution in [3.8, 4) is 0 Å². The maximum Gasteiger partial charge on any atom is 0.129 e. The smallest absolute Gasteiger partial charge is 0.129 e. The summed E-state index contributed by atoms with van der Waals surface area (Å²) in [5.74, 6) is 0.831. The van der Waals surface area contributed by atoms with Crippen molar-refractivity contribution in [1.82, 2.24) is 4.98 Å². The highest BCUT2D eigenvalue weighted by molar-refractivity contribution is 7.80. The summed E-state index contributed by atoms with van der Waals surface area (Å²) in [6.07, 6.45) is 3.39. The Hall–Kier alpha value is -2.40. The number of aromatic nitrogens is 1. The van der Waals surface area contributed by atoms with E-state index in [1.807, 2.05) is 48.3 Å². The van der Waals surface area contributed by atoms with E-state index in [0.717, 1.165) is 27.8 Å². The van der Waals surface area contributed by atoms with Gasteiger partial charge in [0.1, 0.15) is 10.8 Å². The van der Waals surface area contributed by atoms with Crippen molar-refractivity contribution in [2.24, 2.45) is 5.73 Å². The Bertz CT molecular complexity index is 783. The molecule has 5 heteroatoms. The minimum Gasteiger partial charge on any atom is -0.472 e. The van der Waals surface area contributed by atoms with Crippen molar-refractivity contribution < 1.29 is 4.42 Å². The Morgan fingerprint density at radius 1 is 1.33 bits per heavy atom. The third-order valence-corrected chi connectivity index (χ3v) is 3.58.